The highest BCUT2D eigenvalue weighted by Gasteiger charge is 2.48. The van der Waals surface area contributed by atoms with Crippen molar-refractivity contribution in [1.82, 2.24) is 0 Å². The van der Waals surface area contributed by atoms with Gasteiger partial charge < -0.3 is 27.2 Å². The molecular weight excluding hydrogens is 456 g/mol. The molecule has 2 aliphatic heterocycles. The van der Waals surface area contributed by atoms with Crippen molar-refractivity contribution < 1.29 is 36.4 Å². The highest BCUT2D eigenvalue weighted by molar-refractivity contribution is 7.65. The first-order chi connectivity index (χ1) is 13.5. The summed E-state index contributed by atoms with van der Waals surface area (Å²) in [4.78, 5) is 0. The fourth-order valence-electron chi connectivity index (χ4n) is 3.21. The van der Waals surface area contributed by atoms with Gasteiger partial charge in [0.15, 0.2) is 0 Å². The number of hydrogen-bond donors (Lipinski definition) is 0. The van der Waals surface area contributed by atoms with Gasteiger partial charge in [0, 0.05) is 12.3 Å². The van der Waals surface area contributed by atoms with Crippen molar-refractivity contribution in [1.29, 1.82) is 0 Å². The predicted octanol–water partition coefficient (Wildman–Crippen LogP) is 5.26. The van der Waals surface area contributed by atoms with Crippen molar-refractivity contribution in [3.8, 4) is 0 Å². The molecule has 0 aliphatic carbocycles. The van der Waals surface area contributed by atoms with Crippen LogP contribution in [0.3, 0.4) is 0 Å². The normalized spacial score (nSPS) is 33.8. The first kappa shape index (κ1) is 26.0. The summed E-state index contributed by atoms with van der Waals surface area (Å²) in [6.45, 7) is 8.01. The average Bonchev–Trinajstić information content (AvgIpc) is 2.75. The van der Waals surface area contributed by atoms with E-state index in [2.05, 4.69) is 0 Å². The lowest BCUT2D eigenvalue weighted by atomic mass is 9.93. The third-order valence-corrected chi connectivity index (χ3v) is 17.2. The minimum absolute atomic E-state index is 0.120. The van der Waals surface area contributed by atoms with Crippen LogP contribution >= 0.6 is 29.5 Å². The molecule has 0 aromatic heterocycles. The second kappa shape index (κ2) is 10.1. The van der Waals surface area contributed by atoms with Crippen LogP contribution in [0.4, 0.5) is 0 Å². The minimum Gasteiger partial charge on any atom is -0.324 e. The van der Waals surface area contributed by atoms with E-state index >= 15 is 0 Å². The summed E-state index contributed by atoms with van der Waals surface area (Å²) in [7, 11) is -11.2. The maximum Gasteiger partial charge on any atom is 0.331 e. The summed E-state index contributed by atoms with van der Waals surface area (Å²) >= 11 is 0. The zero-order chi connectivity index (χ0) is 21.8. The van der Waals surface area contributed by atoms with Crippen LogP contribution in [-0.4, -0.2) is 75.7 Å². The SMILES string of the molecule is CCP(=O)(CC)CCP1(=O)OCC2(CO1)COP(=O)(CCP(=O)(CC)CC)OC2. The van der Waals surface area contributed by atoms with Crippen LogP contribution in [0.15, 0.2) is 0 Å². The molecule has 8 nitrogen and oxygen atoms in total. The van der Waals surface area contributed by atoms with Crippen molar-refractivity contribution in [2.75, 3.05) is 75.7 Å². The Hall–Kier alpha value is 0.760. The molecule has 0 aromatic rings. The van der Waals surface area contributed by atoms with E-state index in [0.29, 0.717) is 37.0 Å². The van der Waals surface area contributed by atoms with Crippen molar-refractivity contribution in [2.24, 2.45) is 5.41 Å². The Labute approximate surface area is 175 Å². The topological polar surface area (TPSA) is 105 Å². The molecule has 0 unspecified atom stereocenters. The van der Waals surface area contributed by atoms with Gasteiger partial charge in [0.1, 0.15) is 0 Å². The standard InChI is InChI=1S/C17H36O8P4/c1-5-26(18,6-2)9-11-28(20)22-13-17(14-23-28)15-24-29(21,25-16-17)12-10-27(19,7-3)8-4/h5-16H2,1-4H3. The van der Waals surface area contributed by atoms with Crippen molar-refractivity contribution >= 4 is 29.5 Å². The van der Waals surface area contributed by atoms with E-state index in [1.165, 1.54) is 0 Å². The van der Waals surface area contributed by atoms with Crippen LogP contribution in [0, 0.1) is 5.41 Å². The molecular formula is C17H36O8P4. The highest BCUT2D eigenvalue weighted by Crippen LogP contribution is 2.61. The molecule has 2 heterocycles. The summed E-state index contributed by atoms with van der Waals surface area (Å²) in [6, 6.07) is 0. The van der Waals surface area contributed by atoms with Gasteiger partial charge in [-0.2, -0.15) is 0 Å². The van der Waals surface area contributed by atoms with E-state index in [1.54, 1.807) is 0 Å². The second-order valence-electron chi connectivity index (χ2n) is 8.09. The predicted molar refractivity (Wildman–Crippen MR) is 118 cm³/mol. The Kier molecular flexibility index (Phi) is 9.09. The third-order valence-electron chi connectivity index (χ3n) is 6.14. The molecule has 0 atom stereocenters. The molecule has 172 valence electrons. The summed E-state index contributed by atoms with van der Waals surface area (Å²) in [5.41, 5.74) is -0.653. The molecule has 2 fully saturated rings. The van der Waals surface area contributed by atoms with Crippen molar-refractivity contribution in [3.05, 3.63) is 0 Å². The Morgan fingerprint density at radius 3 is 1.17 bits per heavy atom. The monoisotopic (exact) mass is 492 g/mol. The second-order valence-corrected chi connectivity index (χ2v) is 20.1. The molecule has 0 N–H and O–H groups in total. The highest BCUT2D eigenvalue weighted by atomic mass is 31.2. The van der Waals surface area contributed by atoms with Gasteiger partial charge >= 0.3 is 15.2 Å². The smallest absolute Gasteiger partial charge is 0.324 e. The third kappa shape index (κ3) is 6.87. The number of hydrogen-bond acceptors (Lipinski definition) is 8. The first-order valence-electron chi connectivity index (χ1n) is 10.4. The Morgan fingerprint density at radius 1 is 0.655 bits per heavy atom. The lowest BCUT2D eigenvalue weighted by molar-refractivity contribution is -0.0680. The van der Waals surface area contributed by atoms with Crippen LogP contribution in [0.5, 0.6) is 0 Å². The fourth-order valence-corrected chi connectivity index (χ4v) is 12.8. The van der Waals surface area contributed by atoms with Gasteiger partial charge in [-0.3, -0.25) is 9.13 Å². The largest absolute Gasteiger partial charge is 0.331 e. The zero-order valence-corrected chi connectivity index (χ0v) is 21.6. The summed E-state index contributed by atoms with van der Waals surface area (Å²) in [5.74, 6) is 0. The van der Waals surface area contributed by atoms with Gasteiger partial charge in [-0.1, -0.05) is 27.7 Å². The van der Waals surface area contributed by atoms with E-state index in [9.17, 15) is 18.3 Å². The Morgan fingerprint density at radius 2 is 0.931 bits per heavy atom. The van der Waals surface area contributed by atoms with Crippen LogP contribution in [-0.2, 0) is 36.4 Å². The number of rotatable bonds is 10. The van der Waals surface area contributed by atoms with Crippen LogP contribution in [0.1, 0.15) is 27.7 Å². The molecule has 0 aromatic carbocycles. The van der Waals surface area contributed by atoms with Crippen LogP contribution in [0.2, 0.25) is 0 Å². The van der Waals surface area contributed by atoms with Crippen LogP contribution in [0.25, 0.3) is 0 Å². The molecule has 2 rings (SSSR count). The van der Waals surface area contributed by atoms with Gasteiger partial charge in [-0.05, 0) is 24.6 Å². The molecule has 0 radical (unpaired) electrons. The van der Waals surface area contributed by atoms with Gasteiger partial charge in [-0.25, -0.2) is 0 Å². The van der Waals surface area contributed by atoms with E-state index in [0.717, 1.165) is 0 Å². The summed E-state index contributed by atoms with van der Waals surface area (Å²) in [6.07, 6.45) is 3.29. The van der Waals surface area contributed by atoms with Gasteiger partial charge in [0.2, 0.25) is 0 Å². The molecule has 2 saturated heterocycles. The van der Waals surface area contributed by atoms with E-state index in [1.807, 2.05) is 27.7 Å². The lowest BCUT2D eigenvalue weighted by Gasteiger charge is -2.43. The molecule has 0 amide bonds. The van der Waals surface area contributed by atoms with Gasteiger partial charge in [0.05, 0.1) is 58.5 Å². The maximum atomic E-state index is 12.8. The summed E-state index contributed by atoms with van der Waals surface area (Å²) < 4.78 is 73.0. The van der Waals surface area contributed by atoms with E-state index in [4.69, 9.17) is 18.1 Å². The molecule has 0 saturated carbocycles. The van der Waals surface area contributed by atoms with Crippen LogP contribution < -0.4 is 0 Å². The van der Waals surface area contributed by atoms with Crippen molar-refractivity contribution in [2.45, 2.75) is 27.7 Å². The molecule has 29 heavy (non-hydrogen) atoms. The molecule has 12 heteroatoms. The molecule has 2 aliphatic rings. The average molecular weight is 492 g/mol. The fraction of sp³-hybridized carbons (Fsp3) is 1.00. The first-order valence-corrected chi connectivity index (χ1v) is 18.4. The maximum absolute atomic E-state index is 12.8. The Balaban J connectivity index is 1.87. The minimum atomic E-state index is -3.29. The lowest BCUT2D eigenvalue weighted by Crippen LogP contribution is -2.46. The summed E-state index contributed by atoms with van der Waals surface area (Å²) in [5, 5.41) is 0. The quantitative estimate of drug-likeness (QED) is 0.381. The van der Waals surface area contributed by atoms with Crippen molar-refractivity contribution in [3.63, 3.8) is 0 Å². The van der Waals surface area contributed by atoms with Gasteiger partial charge in [0.25, 0.3) is 0 Å². The Bertz CT molecular complexity index is 646. The zero-order valence-electron chi connectivity index (χ0n) is 18.0. The molecule has 1 spiro atoms. The molecule has 0 bridgehead atoms. The van der Waals surface area contributed by atoms with Gasteiger partial charge in [-0.15, -0.1) is 0 Å². The van der Waals surface area contributed by atoms with E-state index in [-0.39, 0.29) is 38.8 Å². The van der Waals surface area contributed by atoms with E-state index < -0.39 is 34.9 Å².